The summed E-state index contributed by atoms with van der Waals surface area (Å²) in [6.07, 6.45) is 4.56. The number of rotatable bonds is 4. The van der Waals surface area contributed by atoms with Crippen molar-refractivity contribution in [1.82, 2.24) is 15.6 Å². The maximum Gasteiger partial charge on any atom is 0.255 e. The first-order valence-corrected chi connectivity index (χ1v) is 9.53. The van der Waals surface area contributed by atoms with Crippen LogP contribution in [0.3, 0.4) is 0 Å². The van der Waals surface area contributed by atoms with Gasteiger partial charge in [-0.1, -0.05) is 0 Å². The summed E-state index contributed by atoms with van der Waals surface area (Å²) in [4.78, 5) is 17.0. The van der Waals surface area contributed by atoms with Gasteiger partial charge in [-0.25, -0.2) is 0 Å². The van der Waals surface area contributed by atoms with Crippen LogP contribution in [0.4, 0.5) is 0 Å². The van der Waals surface area contributed by atoms with Crippen molar-refractivity contribution in [1.29, 1.82) is 0 Å². The fraction of sp³-hybridized carbons (Fsp3) is 0.368. The number of thiazole rings is 1. The van der Waals surface area contributed by atoms with E-state index < -0.39 is 0 Å². The summed E-state index contributed by atoms with van der Waals surface area (Å²) in [7, 11) is 1.60. The Morgan fingerprint density at radius 3 is 2.81 bits per heavy atom. The third kappa shape index (κ3) is 4.42. The van der Waals surface area contributed by atoms with E-state index in [-0.39, 0.29) is 5.91 Å². The number of amides is 1. The molecule has 4 rings (SSSR count). The van der Waals surface area contributed by atoms with Crippen molar-refractivity contribution in [2.45, 2.75) is 26.4 Å². The van der Waals surface area contributed by atoms with E-state index in [1.165, 1.54) is 25.9 Å². The summed E-state index contributed by atoms with van der Waals surface area (Å²) in [5.74, 6) is 1.14. The first kappa shape index (κ1) is 18.4. The normalized spacial score (nSPS) is 13.3. The van der Waals surface area contributed by atoms with Crippen LogP contribution in [-0.4, -0.2) is 31.0 Å². The van der Waals surface area contributed by atoms with Crippen molar-refractivity contribution >= 4 is 28.2 Å². The molecule has 1 saturated heterocycles. The van der Waals surface area contributed by atoms with Crippen molar-refractivity contribution in [3.8, 4) is 5.75 Å². The van der Waals surface area contributed by atoms with Gasteiger partial charge >= 0.3 is 0 Å². The summed E-state index contributed by atoms with van der Waals surface area (Å²) in [5.41, 5.74) is 3.00. The minimum atomic E-state index is -0.161. The van der Waals surface area contributed by atoms with Crippen LogP contribution in [0.2, 0.25) is 0 Å². The van der Waals surface area contributed by atoms with Crippen LogP contribution in [0.5, 0.6) is 5.75 Å². The molecule has 0 unspecified atom stereocenters. The minimum absolute atomic E-state index is 0.161. The molecule has 0 bridgehead atoms. The highest BCUT2D eigenvalue weighted by molar-refractivity contribution is 7.09. The zero-order valence-electron chi connectivity index (χ0n) is 15.0. The monoisotopic (exact) mass is 373 g/mol. The number of carbonyl (C=O) groups excluding carboxylic acids is 1. The van der Waals surface area contributed by atoms with E-state index in [0.29, 0.717) is 29.3 Å². The van der Waals surface area contributed by atoms with Crippen molar-refractivity contribution in [3.63, 3.8) is 0 Å². The predicted molar refractivity (Wildman–Crippen MR) is 103 cm³/mol. The topological polar surface area (TPSA) is 76.4 Å². The molecule has 26 heavy (non-hydrogen) atoms. The molecule has 0 atom stereocenters. The fourth-order valence-electron chi connectivity index (χ4n) is 2.79. The molecule has 3 heterocycles. The number of fused-ring (bicyclic) bond motifs is 1. The zero-order chi connectivity index (χ0) is 18.4. The Morgan fingerprint density at radius 1 is 1.38 bits per heavy atom. The van der Waals surface area contributed by atoms with Gasteiger partial charge in [-0.2, -0.15) is 0 Å². The molecular weight excluding hydrogens is 350 g/mol. The highest BCUT2D eigenvalue weighted by Crippen LogP contribution is 2.29. The largest absolute Gasteiger partial charge is 0.488 e. The number of nitrogens with one attached hydrogen (secondary N) is 2. The van der Waals surface area contributed by atoms with Gasteiger partial charge in [0.1, 0.15) is 23.7 Å². The minimum Gasteiger partial charge on any atom is -0.488 e. The van der Waals surface area contributed by atoms with Crippen molar-refractivity contribution in [2.24, 2.45) is 0 Å². The average molecular weight is 373 g/mol. The first-order valence-electron chi connectivity index (χ1n) is 8.65. The van der Waals surface area contributed by atoms with Crippen LogP contribution >= 0.6 is 11.3 Å². The molecule has 7 heteroatoms. The van der Waals surface area contributed by atoms with E-state index in [1.807, 2.05) is 18.2 Å². The third-order valence-electron chi connectivity index (χ3n) is 4.11. The average Bonchev–Trinajstić information content (AvgIpc) is 3.40. The number of aryl methyl sites for hydroxylation is 1. The Balaban J connectivity index is 0.000000339. The number of hydrogen-bond acceptors (Lipinski definition) is 6. The standard InChI is InChI=1S/C15H14N2O3S.C4H9N/c1-9-14(15(18)16-2)12-5-10(3-4-13(12)20-9)19-7-11-6-17-8-21-11;1-2-4-5-3-1/h3-6,8H,7H2,1-2H3,(H,16,18);5H,1-4H2. The summed E-state index contributed by atoms with van der Waals surface area (Å²) in [5, 5.41) is 6.61. The quantitative estimate of drug-likeness (QED) is 0.732. The molecule has 1 amide bonds. The van der Waals surface area contributed by atoms with Crippen LogP contribution < -0.4 is 15.4 Å². The lowest BCUT2D eigenvalue weighted by Gasteiger charge is -2.04. The van der Waals surface area contributed by atoms with E-state index in [4.69, 9.17) is 9.15 Å². The van der Waals surface area contributed by atoms with E-state index in [2.05, 4.69) is 15.6 Å². The van der Waals surface area contributed by atoms with E-state index in [1.54, 1.807) is 37.0 Å². The van der Waals surface area contributed by atoms with Crippen molar-refractivity contribution in [3.05, 3.63) is 46.1 Å². The molecule has 6 nitrogen and oxygen atoms in total. The van der Waals surface area contributed by atoms with Crippen LogP contribution in [0, 0.1) is 6.92 Å². The smallest absolute Gasteiger partial charge is 0.255 e. The zero-order valence-corrected chi connectivity index (χ0v) is 15.8. The van der Waals surface area contributed by atoms with Gasteiger partial charge in [-0.3, -0.25) is 9.78 Å². The molecule has 3 aromatic rings. The lowest BCUT2D eigenvalue weighted by Crippen LogP contribution is -2.18. The Labute approximate surface area is 156 Å². The summed E-state index contributed by atoms with van der Waals surface area (Å²) < 4.78 is 11.3. The number of furan rings is 1. The molecule has 138 valence electrons. The van der Waals surface area contributed by atoms with Crippen molar-refractivity contribution < 1.29 is 13.9 Å². The molecule has 1 fully saturated rings. The molecule has 0 aliphatic carbocycles. The molecule has 0 spiro atoms. The SMILES string of the molecule is C1CCNC1.CNC(=O)c1c(C)oc2ccc(OCc3cncs3)cc12. The Bertz CT molecular complexity index is 847. The first-order chi connectivity index (χ1) is 12.7. The maximum atomic E-state index is 11.9. The van der Waals surface area contributed by atoms with Crippen LogP contribution in [0.15, 0.2) is 34.3 Å². The number of benzene rings is 1. The van der Waals surface area contributed by atoms with Gasteiger partial charge in [-0.05, 0) is 51.1 Å². The Hall–Kier alpha value is -2.38. The molecule has 2 aromatic heterocycles. The van der Waals surface area contributed by atoms with E-state index in [9.17, 15) is 4.79 Å². The lowest BCUT2D eigenvalue weighted by molar-refractivity contribution is 0.0963. The molecule has 2 N–H and O–H groups in total. The molecule has 1 aromatic carbocycles. The second-order valence-corrected chi connectivity index (χ2v) is 6.95. The van der Waals surface area contributed by atoms with Crippen molar-refractivity contribution in [2.75, 3.05) is 20.1 Å². The molecule has 0 radical (unpaired) electrons. The summed E-state index contributed by atoms with van der Waals surface area (Å²) in [6, 6.07) is 5.48. The number of hydrogen-bond donors (Lipinski definition) is 2. The molecule has 1 aliphatic rings. The van der Waals surface area contributed by atoms with Gasteiger partial charge < -0.3 is 19.8 Å². The molecule has 1 aliphatic heterocycles. The maximum absolute atomic E-state index is 11.9. The summed E-state index contributed by atoms with van der Waals surface area (Å²) >= 11 is 1.54. The summed E-state index contributed by atoms with van der Waals surface area (Å²) in [6.45, 7) is 4.74. The second-order valence-electron chi connectivity index (χ2n) is 5.98. The number of ether oxygens (including phenoxy) is 1. The van der Waals surface area contributed by atoms with Gasteiger partial charge in [0.25, 0.3) is 5.91 Å². The second kappa shape index (κ2) is 8.82. The number of carbonyl (C=O) groups is 1. The van der Waals surface area contributed by atoms with Crippen LogP contribution in [0.1, 0.15) is 33.8 Å². The molecule has 0 saturated carbocycles. The highest BCUT2D eigenvalue weighted by Gasteiger charge is 2.17. The highest BCUT2D eigenvalue weighted by atomic mass is 32.1. The van der Waals surface area contributed by atoms with Crippen LogP contribution in [-0.2, 0) is 6.61 Å². The van der Waals surface area contributed by atoms with Gasteiger partial charge in [0.2, 0.25) is 0 Å². The predicted octanol–water partition coefficient (Wildman–Crippen LogP) is 3.51. The van der Waals surface area contributed by atoms with Crippen LogP contribution in [0.25, 0.3) is 11.0 Å². The van der Waals surface area contributed by atoms with Gasteiger partial charge in [0.05, 0.1) is 16.0 Å². The fourth-order valence-corrected chi connectivity index (χ4v) is 3.29. The third-order valence-corrected chi connectivity index (χ3v) is 4.86. The Kier molecular flexibility index (Phi) is 6.25. The lowest BCUT2D eigenvalue weighted by atomic mass is 10.1. The van der Waals surface area contributed by atoms with Gasteiger partial charge in [-0.15, -0.1) is 11.3 Å². The van der Waals surface area contributed by atoms with Gasteiger partial charge in [0, 0.05) is 18.6 Å². The van der Waals surface area contributed by atoms with Gasteiger partial charge in [0.15, 0.2) is 0 Å². The van der Waals surface area contributed by atoms with E-state index in [0.717, 1.165) is 10.3 Å². The Morgan fingerprint density at radius 2 is 2.19 bits per heavy atom. The number of nitrogens with zero attached hydrogens (tertiary/aromatic N) is 1. The molecular formula is C19H23N3O3S. The van der Waals surface area contributed by atoms with E-state index >= 15 is 0 Å². The number of aromatic nitrogens is 1.